The van der Waals surface area contributed by atoms with Crippen LogP contribution in [0.5, 0.6) is 0 Å². The topological polar surface area (TPSA) is 51.2 Å². The minimum atomic E-state index is -0.532. The van der Waals surface area contributed by atoms with Crippen molar-refractivity contribution in [3.8, 4) is 0 Å². The number of likely N-dealkylation sites (tertiary alicyclic amines) is 1. The van der Waals surface area contributed by atoms with E-state index in [1.54, 1.807) is 12.0 Å². The van der Waals surface area contributed by atoms with Gasteiger partial charge in [-0.2, -0.15) is 0 Å². The van der Waals surface area contributed by atoms with E-state index in [-0.39, 0.29) is 18.2 Å². The van der Waals surface area contributed by atoms with Crippen LogP contribution in [-0.4, -0.2) is 67.1 Å². The number of benzene rings is 2. The van der Waals surface area contributed by atoms with E-state index in [4.69, 9.17) is 14.2 Å². The Morgan fingerprint density at radius 1 is 0.938 bits per heavy atom. The number of methoxy groups -OCH3 is 1. The second kappa shape index (κ2) is 11.5. The predicted octanol–water partition coefficient (Wildman–Crippen LogP) is 4.34. The lowest BCUT2D eigenvalue weighted by Gasteiger charge is -2.32. The summed E-state index contributed by atoms with van der Waals surface area (Å²) in [7, 11) is 1.67. The van der Waals surface area contributed by atoms with Gasteiger partial charge in [-0.15, -0.1) is 0 Å². The van der Waals surface area contributed by atoms with Crippen molar-refractivity contribution in [1.29, 1.82) is 0 Å². The molecular weight excluding hydrogens is 404 g/mol. The molecule has 0 radical (unpaired) electrons. The van der Waals surface area contributed by atoms with Crippen LogP contribution in [0.4, 0.5) is 4.79 Å². The van der Waals surface area contributed by atoms with Crippen molar-refractivity contribution in [1.82, 2.24) is 9.80 Å². The molecule has 174 valence electrons. The Kier molecular flexibility index (Phi) is 8.67. The highest BCUT2D eigenvalue weighted by atomic mass is 16.6. The van der Waals surface area contributed by atoms with Gasteiger partial charge >= 0.3 is 6.09 Å². The summed E-state index contributed by atoms with van der Waals surface area (Å²) >= 11 is 0. The Hall–Kier alpha value is -2.41. The van der Waals surface area contributed by atoms with E-state index in [1.165, 1.54) is 11.1 Å². The molecule has 2 atom stereocenters. The molecule has 2 aromatic carbocycles. The Morgan fingerprint density at radius 3 is 2.00 bits per heavy atom. The second-order valence-corrected chi connectivity index (χ2v) is 9.23. The summed E-state index contributed by atoms with van der Waals surface area (Å²) in [6, 6.07) is 20.9. The summed E-state index contributed by atoms with van der Waals surface area (Å²) in [6.07, 6.45) is -0.412. The van der Waals surface area contributed by atoms with E-state index >= 15 is 0 Å². The Bertz CT molecular complexity index is 781. The molecule has 0 unspecified atom stereocenters. The van der Waals surface area contributed by atoms with Gasteiger partial charge in [0.15, 0.2) is 0 Å². The maximum Gasteiger partial charge on any atom is 0.410 e. The summed E-state index contributed by atoms with van der Waals surface area (Å²) in [5.74, 6) is 0. The van der Waals surface area contributed by atoms with Gasteiger partial charge in [0.05, 0.1) is 31.9 Å². The number of ether oxygens (including phenoxy) is 3. The minimum absolute atomic E-state index is 0.0415. The summed E-state index contributed by atoms with van der Waals surface area (Å²) in [6.45, 7) is 9.29. The molecule has 6 nitrogen and oxygen atoms in total. The fraction of sp³-hybridized carbons (Fsp3) is 0.500. The lowest BCUT2D eigenvalue weighted by Crippen LogP contribution is -2.44. The first-order valence-electron chi connectivity index (χ1n) is 11.3. The van der Waals surface area contributed by atoms with E-state index < -0.39 is 5.60 Å². The molecule has 32 heavy (non-hydrogen) atoms. The molecular formula is C26H36N2O4. The number of hydrogen-bond acceptors (Lipinski definition) is 5. The molecule has 0 bridgehead atoms. The van der Waals surface area contributed by atoms with Crippen LogP contribution in [0, 0.1) is 0 Å². The first-order chi connectivity index (χ1) is 15.4. The normalized spacial score (nSPS) is 18.8. The van der Waals surface area contributed by atoms with Crippen LogP contribution in [0.2, 0.25) is 0 Å². The number of hydrogen-bond donors (Lipinski definition) is 0. The van der Waals surface area contributed by atoms with Crippen molar-refractivity contribution in [2.75, 3.05) is 33.4 Å². The molecule has 0 aliphatic carbocycles. The van der Waals surface area contributed by atoms with Crippen LogP contribution in [0.1, 0.15) is 31.9 Å². The Labute approximate surface area is 192 Å². The fourth-order valence-electron chi connectivity index (χ4n) is 3.96. The minimum Gasteiger partial charge on any atom is -0.444 e. The summed E-state index contributed by atoms with van der Waals surface area (Å²) < 4.78 is 17.0. The SMILES string of the molecule is COCCO[C@@H]1CN(C(=O)OC(C)(C)C)C[C@H]1N(Cc1ccccc1)Cc1ccccc1. The van der Waals surface area contributed by atoms with Crippen LogP contribution in [0.25, 0.3) is 0 Å². The molecule has 1 heterocycles. The summed E-state index contributed by atoms with van der Waals surface area (Å²) in [5, 5.41) is 0. The zero-order valence-electron chi connectivity index (χ0n) is 19.7. The number of nitrogens with zero attached hydrogens (tertiary/aromatic N) is 2. The van der Waals surface area contributed by atoms with Crippen LogP contribution in [0.15, 0.2) is 60.7 Å². The molecule has 3 rings (SSSR count). The third kappa shape index (κ3) is 7.33. The lowest BCUT2D eigenvalue weighted by atomic mass is 10.1. The molecule has 0 N–H and O–H groups in total. The average Bonchev–Trinajstić information content (AvgIpc) is 3.18. The van der Waals surface area contributed by atoms with Gasteiger partial charge in [-0.1, -0.05) is 60.7 Å². The van der Waals surface area contributed by atoms with E-state index in [0.29, 0.717) is 26.3 Å². The van der Waals surface area contributed by atoms with E-state index in [1.807, 2.05) is 32.9 Å². The smallest absolute Gasteiger partial charge is 0.410 e. The molecule has 1 saturated heterocycles. The zero-order valence-corrected chi connectivity index (χ0v) is 19.7. The highest BCUT2D eigenvalue weighted by molar-refractivity contribution is 5.68. The molecule has 0 spiro atoms. The van der Waals surface area contributed by atoms with Gasteiger partial charge in [-0.25, -0.2) is 4.79 Å². The Morgan fingerprint density at radius 2 is 1.50 bits per heavy atom. The number of carbonyl (C=O) groups excluding carboxylic acids is 1. The molecule has 2 aromatic rings. The molecule has 1 amide bonds. The van der Waals surface area contributed by atoms with E-state index in [2.05, 4.69) is 53.4 Å². The van der Waals surface area contributed by atoms with Crippen molar-refractivity contribution in [2.24, 2.45) is 0 Å². The van der Waals surface area contributed by atoms with Crippen molar-refractivity contribution in [3.05, 3.63) is 71.8 Å². The largest absolute Gasteiger partial charge is 0.444 e. The summed E-state index contributed by atoms with van der Waals surface area (Å²) in [5.41, 5.74) is 1.93. The van der Waals surface area contributed by atoms with Crippen molar-refractivity contribution in [2.45, 2.75) is 51.6 Å². The maximum atomic E-state index is 12.8. The van der Waals surface area contributed by atoms with Gasteiger partial charge < -0.3 is 19.1 Å². The first kappa shape index (κ1) is 24.2. The molecule has 1 aliphatic rings. The summed E-state index contributed by atoms with van der Waals surface area (Å²) in [4.78, 5) is 17.0. The molecule has 0 aromatic heterocycles. The number of rotatable bonds is 9. The standard InChI is InChI=1S/C26H36N2O4/c1-26(2,3)32-25(29)28-19-23(24(20-28)31-16-15-30-4)27(17-21-11-7-5-8-12-21)18-22-13-9-6-10-14-22/h5-14,23-24H,15-20H2,1-4H3/t23-,24-/m1/s1. The van der Waals surface area contributed by atoms with E-state index in [9.17, 15) is 4.79 Å². The average molecular weight is 441 g/mol. The van der Waals surface area contributed by atoms with Crippen molar-refractivity contribution >= 4 is 6.09 Å². The fourth-order valence-corrected chi connectivity index (χ4v) is 3.96. The van der Waals surface area contributed by atoms with E-state index in [0.717, 1.165) is 13.1 Å². The van der Waals surface area contributed by atoms with Crippen LogP contribution < -0.4 is 0 Å². The van der Waals surface area contributed by atoms with Crippen LogP contribution in [-0.2, 0) is 27.3 Å². The quantitative estimate of drug-likeness (QED) is 0.543. The van der Waals surface area contributed by atoms with Crippen LogP contribution in [0.3, 0.4) is 0 Å². The van der Waals surface area contributed by atoms with Crippen molar-refractivity contribution < 1.29 is 19.0 Å². The second-order valence-electron chi connectivity index (χ2n) is 9.23. The van der Waals surface area contributed by atoms with Gasteiger partial charge in [0.1, 0.15) is 5.60 Å². The molecule has 1 fully saturated rings. The zero-order chi connectivity index (χ0) is 23.0. The van der Waals surface area contributed by atoms with Gasteiger partial charge in [-0.3, -0.25) is 4.90 Å². The lowest BCUT2D eigenvalue weighted by molar-refractivity contribution is -0.0169. The monoisotopic (exact) mass is 440 g/mol. The third-order valence-electron chi connectivity index (χ3n) is 5.43. The third-order valence-corrected chi connectivity index (χ3v) is 5.43. The maximum absolute atomic E-state index is 12.8. The predicted molar refractivity (Wildman–Crippen MR) is 125 cm³/mol. The molecule has 0 saturated carbocycles. The number of carbonyl (C=O) groups is 1. The van der Waals surface area contributed by atoms with Gasteiger partial charge in [0.25, 0.3) is 0 Å². The number of amides is 1. The highest BCUT2D eigenvalue weighted by Gasteiger charge is 2.41. The highest BCUT2D eigenvalue weighted by Crippen LogP contribution is 2.25. The molecule has 1 aliphatic heterocycles. The first-order valence-corrected chi connectivity index (χ1v) is 11.3. The van der Waals surface area contributed by atoms with Crippen LogP contribution >= 0.6 is 0 Å². The molecule has 6 heteroatoms. The Balaban J connectivity index is 1.82. The van der Waals surface area contributed by atoms with Crippen molar-refractivity contribution in [3.63, 3.8) is 0 Å². The van der Waals surface area contributed by atoms with Gasteiger partial charge in [-0.05, 0) is 31.9 Å². The van der Waals surface area contributed by atoms with Gasteiger partial charge in [0, 0.05) is 26.7 Å². The van der Waals surface area contributed by atoms with Gasteiger partial charge in [0.2, 0.25) is 0 Å².